The number of benzene rings is 1. The van der Waals surface area contributed by atoms with Gasteiger partial charge in [0.25, 0.3) is 5.91 Å². The Hall–Kier alpha value is -1.26. The minimum absolute atomic E-state index is 0.00617. The Morgan fingerprint density at radius 1 is 1.52 bits per heavy atom. The van der Waals surface area contributed by atoms with Crippen LogP contribution in [0.4, 0.5) is 0 Å². The molecule has 1 fully saturated rings. The van der Waals surface area contributed by atoms with Crippen LogP contribution in [-0.4, -0.2) is 42.1 Å². The van der Waals surface area contributed by atoms with Crippen LogP contribution in [-0.2, 0) is 0 Å². The van der Waals surface area contributed by atoms with Crippen LogP contribution in [0.2, 0.25) is 5.02 Å². The topological polar surface area (TPSA) is 52.6 Å². The van der Waals surface area contributed by atoms with Gasteiger partial charge in [-0.2, -0.15) is 0 Å². The maximum Gasteiger partial charge on any atom is 0.251 e. The standard InChI is InChI=1S/C16H23ClN2O2/c1-11(2)9-19-6-5-12(10-19)8-18-16(21)13-3-4-15(20)14(17)7-13/h3-4,7,11-12,20H,5-6,8-10H2,1-2H3,(H,18,21)/t12-/m0/s1. The third-order valence-electron chi connectivity index (χ3n) is 3.75. The summed E-state index contributed by atoms with van der Waals surface area (Å²) in [6.45, 7) is 8.43. The molecule has 116 valence electrons. The molecule has 2 rings (SSSR count). The van der Waals surface area contributed by atoms with Gasteiger partial charge in [0.05, 0.1) is 5.02 Å². The number of rotatable bonds is 5. The van der Waals surface area contributed by atoms with Gasteiger partial charge in [-0.15, -0.1) is 0 Å². The number of carbonyl (C=O) groups is 1. The summed E-state index contributed by atoms with van der Waals surface area (Å²) < 4.78 is 0. The van der Waals surface area contributed by atoms with Gasteiger partial charge in [-0.25, -0.2) is 0 Å². The van der Waals surface area contributed by atoms with Crippen molar-refractivity contribution in [2.75, 3.05) is 26.2 Å². The first-order chi connectivity index (χ1) is 9.95. The second-order valence-corrected chi connectivity index (χ2v) is 6.59. The summed E-state index contributed by atoms with van der Waals surface area (Å²) in [6.07, 6.45) is 1.13. The molecule has 0 unspecified atom stereocenters. The van der Waals surface area contributed by atoms with E-state index in [1.54, 1.807) is 6.07 Å². The number of amides is 1. The minimum Gasteiger partial charge on any atom is -0.506 e. The predicted molar refractivity (Wildman–Crippen MR) is 84.8 cm³/mol. The molecule has 4 nitrogen and oxygen atoms in total. The largest absolute Gasteiger partial charge is 0.506 e. The summed E-state index contributed by atoms with van der Waals surface area (Å²) in [7, 11) is 0. The summed E-state index contributed by atoms with van der Waals surface area (Å²) in [6, 6.07) is 4.51. The molecule has 0 aromatic heterocycles. The van der Waals surface area contributed by atoms with Crippen molar-refractivity contribution >= 4 is 17.5 Å². The van der Waals surface area contributed by atoms with Gasteiger partial charge < -0.3 is 15.3 Å². The van der Waals surface area contributed by atoms with Gasteiger partial charge in [0, 0.05) is 25.2 Å². The van der Waals surface area contributed by atoms with E-state index in [1.807, 2.05) is 0 Å². The van der Waals surface area contributed by atoms with E-state index in [9.17, 15) is 9.90 Å². The zero-order chi connectivity index (χ0) is 15.4. The third kappa shape index (κ3) is 4.61. The Bertz CT molecular complexity index is 505. The van der Waals surface area contributed by atoms with E-state index < -0.39 is 0 Å². The molecule has 1 aromatic carbocycles. The second-order valence-electron chi connectivity index (χ2n) is 6.18. The van der Waals surface area contributed by atoms with Crippen LogP contribution in [0.5, 0.6) is 5.75 Å². The van der Waals surface area contributed by atoms with Gasteiger partial charge in [-0.3, -0.25) is 4.79 Å². The highest BCUT2D eigenvalue weighted by atomic mass is 35.5. The number of likely N-dealkylation sites (tertiary alicyclic amines) is 1. The van der Waals surface area contributed by atoms with Crippen LogP contribution in [0.3, 0.4) is 0 Å². The average Bonchev–Trinajstić information content (AvgIpc) is 2.86. The molecule has 1 aliphatic heterocycles. The number of hydrogen-bond acceptors (Lipinski definition) is 3. The first kappa shape index (κ1) is 16.1. The van der Waals surface area contributed by atoms with E-state index in [0.717, 1.165) is 26.1 Å². The SMILES string of the molecule is CC(C)CN1CC[C@@H](CNC(=O)c2ccc(O)c(Cl)c2)C1. The Labute approximate surface area is 131 Å². The Balaban J connectivity index is 1.80. The molecule has 1 atom stereocenters. The van der Waals surface area contributed by atoms with E-state index in [-0.39, 0.29) is 16.7 Å². The van der Waals surface area contributed by atoms with Gasteiger partial charge >= 0.3 is 0 Å². The zero-order valence-corrected chi connectivity index (χ0v) is 13.4. The normalized spacial score (nSPS) is 19.1. The smallest absolute Gasteiger partial charge is 0.251 e. The van der Waals surface area contributed by atoms with E-state index in [2.05, 4.69) is 24.1 Å². The van der Waals surface area contributed by atoms with Gasteiger partial charge in [0.15, 0.2) is 0 Å². The van der Waals surface area contributed by atoms with Gasteiger partial charge in [0.1, 0.15) is 5.75 Å². The summed E-state index contributed by atoms with van der Waals surface area (Å²) in [5.41, 5.74) is 0.481. The van der Waals surface area contributed by atoms with E-state index >= 15 is 0 Å². The maximum absolute atomic E-state index is 12.1. The summed E-state index contributed by atoms with van der Waals surface area (Å²) in [5.74, 6) is 1.05. The summed E-state index contributed by atoms with van der Waals surface area (Å²) in [5, 5.41) is 12.5. The number of phenols is 1. The van der Waals surface area contributed by atoms with Crippen LogP contribution in [0.15, 0.2) is 18.2 Å². The molecule has 1 saturated heterocycles. The fourth-order valence-electron chi connectivity index (χ4n) is 2.75. The lowest BCUT2D eigenvalue weighted by atomic mass is 10.1. The van der Waals surface area contributed by atoms with Crippen LogP contribution in [0, 0.1) is 11.8 Å². The first-order valence-corrected chi connectivity index (χ1v) is 7.82. The zero-order valence-electron chi connectivity index (χ0n) is 12.6. The van der Waals surface area contributed by atoms with Crippen LogP contribution in [0.25, 0.3) is 0 Å². The molecule has 1 amide bonds. The lowest BCUT2D eigenvalue weighted by molar-refractivity contribution is 0.0947. The molecular weight excluding hydrogens is 288 g/mol. The number of halogens is 1. The predicted octanol–water partition coefficient (Wildman–Crippen LogP) is 2.75. The molecule has 1 aliphatic rings. The van der Waals surface area contributed by atoms with Gasteiger partial charge in [-0.05, 0) is 43.0 Å². The summed E-state index contributed by atoms with van der Waals surface area (Å²) in [4.78, 5) is 14.5. The monoisotopic (exact) mass is 310 g/mol. The van der Waals surface area contributed by atoms with Crippen LogP contribution < -0.4 is 5.32 Å². The molecule has 5 heteroatoms. The highest BCUT2D eigenvalue weighted by Gasteiger charge is 2.23. The quantitative estimate of drug-likeness (QED) is 0.879. The lowest BCUT2D eigenvalue weighted by Gasteiger charge is -2.18. The molecule has 0 saturated carbocycles. The van der Waals surface area contributed by atoms with Gasteiger partial charge in [-0.1, -0.05) is 25.4 Å². The molecule has 0 spiro atoms. The number of carbonyl (C=O) groups excluding carboxylic acids is 1. The van der Waals surface area contributed by atoms with Crippen molar-refractivity contribution in [3.8, 4) is 5.75 Å². The fraction of sp³-hybridized carbons (Fsp3) is 0.562. The van der Waals surface area contributed by atoms with Crippen molar-refractivity contribution in [3.63, 3.8) is 0 Å². The van der Waals surface area contributed by atoms with Crippen molar-refractivity contribution in [2.24, 2.45) is 11.8 Å². The molecule has 0 bridgehead atoms. The van der Waals surface area contributed by atoms with Crippen molar-refractivity contribution in [1.82, 2.24) is 10.2 Å². The first-order valence-electron chi connectivity index (χ1n) is 7.44. The Kier molecular flexibility index (Phi) is 5.48. The highest BCUT2D eigenvalue weighted by molar-refractivity contribution is 6.32. The molecule has 0 aliphatic carbocycles. The van der Waals surface area contributed by atoms with Gasteiger partial charge in [0.2, 0.25) is 0 Å². The van der Waals surface area contributed by atoms with E-state index in [4.69, 9.17) is 11.6 Å². The van der Waals surface area contributed by atoms with Crippen molar-refractivity contribution in [2.45, 2.75) is 20.3 Å². The number of aromatic hydroxyl groups is 1. The number of nitrogens with one attached hydrogen (secondary N) is 1. The van der Waals surface area contributed by atoms with E-state index in [0.29, 0.717) is 23.9 Å². The molecule has 2 N–H and O–H groups in total. The molecule has 1 aromatic rings. The molecule has 0 radical (unpaired) electrons. The van der Waals surface area contributed by atoms with Crippen molar-refractivity contribution in [3.05, 3.63) is 28.8 Å². The third-order valence-corrected chi connectivity index (χ3v) is 4.06. The Morgan fingerprint density at radius 2 is 2.29 bits per heavy atom. The highest BCUT2D eigenvalue weighted by Crippen LogP contribution is 2.23. The minimum atomic E-state index is -0.140. The molecule has 21 heavy (non-hydrogen) atoms. The van der Waals surface area contributed by atoms with Crippen molar-refractivity contribution in [1.29, 1.82) is 0 Å². The number of hydrogen-bond donors (Lipinski definition) is 2. The summed E-state index contributed by atoms with van der Waals surface area (Å²) >= 11 is 5.82. The van der Waals surface area contributed by atoms with E-state index in [1.165, 1.54) is 12.1 Å². The Morgan fingerprint density at radius 3 is 2.95 bits per heavy atom. The number of phenolic OH excluding ortho intramolecular Hbond substituents is 1. The molecule has 1 heterocycles. The van der Waals surface area contributed by atoms with Crippen molar-refractivity contribution < 1.29 is 9.90 Å². The maximum atomic E-state index is 12.1. The number of nitrogens with zero attached hydrogens (tertiary/aromatic N) is 1. The molecular formula is C16H23ClN2O2. The second kappa shape index (κ2) is 7.14. The van der Waals surface area contributed by atoms with Crippen LogP contribution >= 0.6 is 11.6 Å². The average molecular weight is 311 g/mol. The lowest BCUT2D eigenvalue weighted by Crippen LogP contribution is -2.31. The fourth-order valence-corrected chi connectivity index (χ4v) is 2.93. The van der Waals surface area contributed by atoms with Crippen LogP contribution in [0.1, 0.15) is 30.6 Å².